The van der Waals surface area contributed by atoms with Gasteiger partial charge in [-0.1, -0.05) is 17.7 Å². The van der Waals surface area contributed by atoms with Gasteiger partial charge in [0, 0.05) is 37.2 Å². The molecule has 0 spiro atoms. The first-order valence-corrected chi connectivity index (χ1v) is 13.0. The van der Waals surface area contributed by atoms with E-state index < -0.39 is 15.2 Å². The Bertz CT molecular complexity index is 1320. The number of rotatable bonds is 9. The van der Waals surface area contributed by atoms with Crippen LogP contribution >= 0.6 is 23.1 Å². The summed E-state index contributed by atoms with van der Waals surface area (Å²) in [5.41, 5.74) is 2.87. The van der Waals surface area contributed by atoms with Gasteiger partial charge in [0.15, 0.2) is 0 Å². The zero-order valence-corrected chi connectivity index (χ0v) is 21.4. The summed E-state index contributed by atoms with van der Waals surface area (Å²) in [6.45, 7) is 8.91. The third kappa shape index (κ3) is 6.27. The highest BCUT2D eigenvalue weighted by Crippen LogP contribution is 2.32. The molecule has 2 aromatic carbocycles. The van der Waals surface area contributed by atoms with Gasteiger partial charge in [-0.2, -0.15) is 17.8 Å². The number of halogens is 1. The van der Waals surface area contributed by atoms with Crippen LogP contribution in [0.25, 0.3) is 0 Å². The van der Waals surface area contributed by atoms with Gasteiger partial charge in [-0.25, -0.2) is 0 Å². The molecule has 0 saturated heterocycles. The van der Waals surface area contributed by atoms with Gasteiger partial charge in [0.05, 0.1) is 16.4 Å². The number of azo groups is 1. The van der Waals surface area contributed by atoms with Gasteiger partial charge in [-0.15, -0.1) is 10.2 Å². The largest absolute Gasteiger partial charge is 0.372 e. The van der Waals surface area contributed by atoms with Crippen molar-refractivity contribution in [2.45, 2.75) is 32.9 Å². The minimum Gasteiger partial charge on any atom is -0.372 e. The third-order valence-corrected chi connectivity index (χ3v) is 6.86. The fourth-order valence-electron chi connectivity index (χ4n) is 3.04. The monoisotopic (exact) mass is 521 g/mol. The molecule has 10 nitrogen and oxygen atoms in total. The number of nitrogens with one attached hydrogen (secondary N) is 2. The molecule has 0 atom stereocenters. The summed E-state index contributed by atoms with van der Waals surface area (Å²) in [5.74, 6) is -0.252. The van der Waals surface area contributed by atoms with E-state index in [0.29, 0.717) is 11.4 Å². The number of hydrogen-bond acceptors (Lipinski definition) is 9. The number of benzene rings is 2. The van der Waals surface area contributed by atoms with E-state index in [1.54, 1.807) is 24.3 Å². The Balaban J connectivity index is 1.85. The highest BCUT2D eigenvalue weighted by atomic mass is 35.5. The Kier molecular flexibility index (Phi) is 8.18. The van der Waals surface area contributed by atoms with E-state index in [-0.39, 0.29) is 21.7 Å². The van der Waals surface area contributed by atoms with Crippen LogP contribution in [-0.4, -0.2) is 36.8 Å². The second kappa shape index (κ2) is 10.9. The highest BCUT2D eigenvalue weighted by molar-refractivity contribution is 7.92. The standard InChI is InChI=1S/C21H24ClN7O3S2/c1-5-29(6-2)15-8-10-17(19(12-15)23-14(4)30)25-26-20-24-21(27-33-20)34(31,32)28-18-11-13(3)7-9-16(18)22/h7-12,28H,5-6H2,1-4H3,(H,23,30). The fraction of sp³-hybridized carbons (Fsp3) is 0.286. The molecule has 0 aliphatic rings. The number of aryl methyl sites for hydroxylation is 1. The fourth-order valence-corrected chi connectivity index (χ4v) is 4.99. The first-order chi connectivity index (χ1) is 16.1. The molecular formula is C21H24ClN7O3S2. The Labute approximate surface area is 207 Å². The Morgan fingerprint density at radius 3 is 2.53 bits per heavy atom. The van der Waals surface area contributed by atoms with Crippen LogP contribution in [0.3, 0.4) is 0 Å². The van der Waals surface area contributed by atoms with Crippen LogP contribution in [0.1, 0.15) is 26.3 Å². The van der Waals surface area contributed by atoms with Gasteiger partial charge in [-0.05, 0) is 56.7 Å². The Morgan fingerprint density at radius 1 is 1.12 bits per heavy atom. The summed E-state index contributed by atoms with van der Waals surface area (Å²) < 4.78 is 31.6. The molecule has 0 bridgehead atoms. The minimum absolute atomic E-state index is 0.0392. The maximum atomic E-state index is 12.7. The van der Waals surface area contributed by atoms with E-state index in [1.807, 2.05) is 32.9 Å². The number of aromatic nitrogens is 2. The first kappa shape index (κ1) is 25.5. The normalized spacial score (nSPS) is 11.6. The van der Waals surface area contributed by atoms with Gasteiger partial charge in [-0.3, -0.25) is 9.52 Å². The third-order valence-electron chi connectivity index (χ3n) is 4.67. The zero-order valence-electron chi connectivity index (χ0n) is 19.0. The summed E-state index contributed by atoms with van der Waals surface area (Å²) in [7, 11) is -4.07. The van der Waals surface area contributed by atoms with Gasteiger partial charge in [0.1, 0.15) is 5.69 Å². The van der Waals surface area contributed by atoms with Crippen LogP contribution in [0, 0.1) is 6.92 Å². The summed E-state index contributed by atoms with van der Waals surface area (Å²) in [5, 5.41) is 10.8. The topological polar surface area (TPSA) is 129 Å². The molecule has 34 heavy (non-hydrogen) atoms. The van der Waals surface area contributed by atoms with Crippen molar-refractivity contribution >= 4 is 66.9 Å². The van der Waals surface area contributed by atoms with E-state index in [1.165, 1.54) is 6.92 Å². The minimum atomic E-state index is -4.07. The Hall–Kier alpha value is -3.09. The maximum Gasteiger partial charge on any atom is 0.298 e. The molecule has 1 heterocycles. The predicted octanol–water partition coefficient (Wildman–Crippen LogP) is 5.52. The van der Waals surface area contributed by atoms with E-state index in [9.17, 15) is 13.2 Å². The second-order valence-corrected chi connectivity index (χ2v) is 9.92. The summed E-state index contributed by atoms with van der Waals surface area (Å²) >= 11 is 6.86. The van der Waals surface area contributed by atoms with Crippen molar-refractivity contribution in [3.05, 3.63) is 47.0 Å². The van der Waals surface area contributed by atoms with Gasteiger partial charge < -0.3 is 10.2 Å². The molecule has 0 fully saturated rings. The SMILES string of the molecule is CCN(CC)c1ccc(N=Nc2nc(S(=O)(=O)Nc3cc(C)ccc3Cl)ns2)c(NC(C)=O)c1. The molecule has 0 aliphatic carbocycles. The molecule has 0 radical (unpaired) electrons. The van der Waals surface area contributed by atoms with Crippen molar-refractivity contribution in [3.8, 4) is 0 Å². The molecule has 0 unspecified atom stereocenters. The molecular weight excluding hydrogens is 498 g/mol. The van der Waals surface area contributed by atoms with Crippen molar-refractivity contribution in [1.82, 2.24) is 9.36 Å². The smallest absolute Gasteiger partial charge is 0.298 e. The number of hydrogen-bond donors (Lipinski definition) is 2. The summed E-state index contributed by atoms with van der Waals surface area (Å²) in [6.07, 6.45) is 0. The number of carbonyl (C=O) groups excluding carboxylic acids is 1. The number of anilines is 3. The second-order valence-electron chi connectivity index (χ2n) is 7.20. The van der Waals surface area contributed by atoms with Crippen LogP contribution in [0.2, 0.25) is 5.02 Å². The quantitative estimate of drug-likeness (QED) is 0.356. The van der Waals surface area contributed by atoms with Crippen molar-refractivity contribution < 1.29 is 13.2 Å². The molecule has 3 rings (SSSR count). The van der Waals surface area contributed by atoms with Gasteiger partial charge in [0.25, 0.3) is 15.2 Å². The first-order valence-electron chi connectivity index (χ1n) is 10.3. The lowest BCUT2D eigenvalue weighted by Gasteiger charge is -2.22. The van der Waals surface area contributed by atoms with Crippen LogP contribution in [0.15, 0.2) is 51.8 Å². The molecule has 3 aromatic rings. The lowest BCUT2D eigenvalue weighted by molar-refractivity contribution is -0.114. The number of nitrogens with zero attached hydrogens (tertiary/aromatic N) is 5. The van der Waals surface area contributed by atoms with Gasteiger partial charge >= 0.3 is 0 Å². The number of sulfonamides is 1. The summed E-state index contributed by atoms with van der Waals surface area (Å²) in [6, 6.07) is 10.4. The van der Waals surface area contributed by atoms with Crippen LogP contribution < -0.4 is 14.9 Å². The number of amides is 1. The predicted molar refractivity (Wildman–Crippen MR) is 135 cm³/mol. The van der Waals surface area contributed by atoms with E-state index in [4.69, 9.17) is 11.6 Å². The lowest BCUT2D eigenvalue weighted by atomic mass is 10.2. The molecule has 1 aromatic heterocycles. The van der Waals surface area contributed by atoms with Crippen molar-refractivity contribution in [2.24, 2.45) is 10.2 Å². The molecule has 0 aliphatic heterocycles. The molecule has 13 heteroatoms. The molecule has 180 valence electrons. The van der Waals surface area contributed by atoms with E-state index in [2.05, 4.69) is 34.5 Å². The average Bonchev–Trinajstić information content (AvgIpc) is 3.26. The van der Waals surface area contributed by atoms with E-state index >= 15 is 0 Å². The van der Waals surface area contributed by atoms with Crippen LogP contribution in [0.4, 0.5) is 27.9 Å². The molecule has 2 N–H and O–H groups in total. The van der Waals surface area contributed by atoms with Crippen molar-refractivity contribution in [2.75, 3.05) is 28.0 Å². The molecule has 1 amide bonds. The highest BCUT2D eigenvalue weighted by Gasteiger charge is 2.22. The summed E-state index contributed by atoms with van der Waals surface area (Å²) in [4.78, 5) is 17.8. The number of carbonyl (C=O) groups is 1. The van der Waals surface area contributed by atoms with Gasteiger partial charge in [0.2, 0.25) is 11.0 Å². The Morgan fingerprint density at radius 2 is 1.85 bits per heavy atom. The maximum absolute atomic E-state index is 12.7. The molecule has 0 saturated carbocycles. The van der Waals surface area contributed by atoms with Crippen molar-refractivity contribution in [3.63, 3.8) is 0 Å². The van der Waals surface area contributed by atoms with Crippen LogP contribution in [-0.2, 0) is 14.8 Å². The van der Waals surface area contributed by atoms with Crippen LogP contribution in [0.5, 0.6) is 0 Å². The van der Waals surface area contributed by atoms with Crippen molar-refractivity contribution in [1.29, 1.82) is 0 Å². The average molecular weight is 522 g/mol. The lowest BCUT2D eigenvalue weighted by Crippen LogP contribution is -2.21. The zero-order chi connectivity index (χ0) is 24.9. The van der Waals surface area contributed by atoms with E-state index in [0.717, 1.165) is 35.9 Å².